The summed E-state index contributed by atoms with van der Waals surface area (Å²) < 4.78 is 5.48. The normalized spacial score (nSPS) is 21.1. The van der Waals surface area contributed by atoms with Gasteiger partial charge in [-0.25, -0.2) is 0 Å². The minimum absolute atomic E-state index is 0.0135. The Kier molecular flexibility index (Phi) is 4.63. The fraction of sp³-hybridized carbons (Fsp3) is 0.529. The fourth-order valence-electron chi connectivity index (χ4n) is 3.24. The summed E-state index contributed by atoms with van der Waals surface area (Å²) in [5.41, 5.74) is 2.86. The zero-order chi connectivity index (χ0) is 16.4. The molecular formula is C17H23N3O3. The number of amides is 2. The van der Waals surface area contributed by atoms with E-state index in [2.05, 4.69) is 10.2 Å². The molecule has 1 N–H and O–H groups in total. The average molecular weight is 317 g/mol. The zero-order valence-electron chi connectivity index (χ0n) is 13.7. The second-order valence-corrected chi connectivity index (χ2v) is 6.23. The Morgan fingerprint density at radius 1 is 1.35 bits per heavy atom. The maximum atomic E-state index is 12.2. The first-order valence-electron chi connectivity index (χ1n) is 8.08. The second-order valence-electron chi connectivity index (χ2n) is 6.23. The van der Waals surface area contributed by atoms with Crippen LogP contribution in [0.15, 0.2) is 18.2 Å². The van der Waals surface area contributed by atoms with E-state index in [1.54, 1.807) is 11.8 Å². The molecule has 2 heterocycles. The lowest BCUT2D eigenvalue weighted by atomic mass is 10.1. The van der Waals surface area contributed by atoms with Gasteiger partial charge in [-0.3, -0.25) is 14.5 Å². The smallest absolute Gasteiger partial charge is 0.238 e. The number of rotatable bonds is 3. The quantitative estimate of drug-likeness (QED) is 0.911. The van der Waals surface area contributed by atoms with E-state index in [0.29, 0.717) is 19.7 Å². The molecule has 1 fully saturated rings. The van der Waals surface area contributed by atoms with Gasteiger partial charge in [0.15, 0.2) is 0 Å². The van der Waals surface area contributed by atoms with Gasteiger partial charge in [0.1, 0.15) is 0 Å². The van der Waals surface area contributed by atoms with Crippen LogP contribution in [0, 0.1) is 0 Å². The Morgan fingerprint density at radius 3 is 2.91 bits per heavy atom. The summed E-state index contributed by atoms with van der Waals surface area (Å²) in [6.45, 7) is 6.94. The predicted molar refractivity (Wildman–Crippen MR) is 88.7 cm³/mol. The molecule has 6 heteroatoms. The molecule has 1 saturated heterocycles. The molecule has 1 atom stereocenters. The molecule has 2 amide bonds. The summed E-state index contributed by atoms with van der Waals surface area (Å²) in [6.07, 6.45) is 1.01. The molecule has 0 saturated carbocycles. The van der Waals surface area contributed by atoms with Crippen molar-refractivity contribution in [2.45, 2.75) is 26.4 Å². The molecule has 0 radical (unpaired) electrons. The predicted octanol–water partition coefficient (Wildman–Crippen LogP) is 1.25. The number of carbonyl (C=O) groups excluding carboxylic acids is 2. The highest BCUT2D eigenvalue weighted by Crippen LogP contribution is 2.30. The van der Waals surface area contributed by atoms with E-state index in [1.165, 1.54) is 0 Å². The number of fused-ring (bicyclic) bond motifs is 1. The lowest BCUT2D eigenvalue weighted by molar-refractivity contribution is -0.119. The molecule has 6 nitrogen and oxygen atoms in total. The highest BCUT2D eigenvalue weighted by molar-refractivity contribution is 5.96. The van der Waals surface area contributed by atoms with E-state index in [1.807, 2.05) is 25.1 Å². The topological polar surface area (TPSA) is 61.9 Å². The molecule has 2 aliphatic heterocycles. The first kappa shape index (κ1) is 16.0. The van der Waals surface area contributed by atoms with Crippen molar-refractivity contribution in [3.05, 3.63) is 23.8 Å². The van der Waals surface area contributed by atoms with Gasteiger partial charge in [0.25, 0.3) is 0 Å². The largest absolute Gasteiger partial charge is 0.376 e. The zero-order valence-corrected chi connectivity index (χ0v) is 13.7. The number of morpholine rings is 1. The molecule has 1 unspecified atom stereocenters. The van der Waals surface area contributed by atoms with Crippen LogP contribution in [-0.4, -0.2) is 55.6 Å². The molecule has 0 aliphatic carbocycles. The molecule has 23 heavy (non-hydrogen) atoms. The third kappa shape index (κ3) is 3.71. The fourth-order valence-corrected chi connectivity index (χ4v) is 3.24. The summed E-state index contributed by atoms with van der Waals surface area (Å²) in [5.74, 6) is 0.0439. The van der Waals surface area contributed by atoms with E-state index in [4.69, 9.17) is 4.74 Å². The monoisotopic (exact) mass is 317 g/mol. The number of ether oxygens (including phenoxy) is 1. The van der Waals surface area contributed by atoms with Crippen LogP contribution >= 0.6 is 0 Å². The van der Waals surface area contributed by atoms with Crippen molar-refractivity contribution in [1.29, 1.82) is 0 Å². The van der Waals surface area contributed by atoms with Crippen molar-refractivity contribution < 1.29 is 14.3 Å². The van der Waals surface area contributed by atoms with Gasteiger partial charge in [-0.1, -0.05) is 0 Å². The third-order valence-electron chi connectivity index (χ3n) is 4.33. The molecule has 3 rings (SSSR count). The molecule has 1 aromatic carbocycles. The number of nitrogens with zero attached hydrogens (tertiary/aromatic N) is 2. The van der Waals surface area contributed by atoms with E-state index in [-0.39, 0.29) is 17.9 Å². The van der Waals surface area contributed by atoms with Gasteiger partial charge >= 0.3 is 0 Å². The number of benzene rings is 1. The van der Waals surface area contributed by atoms with E-state index in [9.17, 15) is 9.59 Å². The molecule has 2 aliphatic rings. The van der Waals surface area contributed by atoms with Crippen LogP contribution in [-0.2, 0) is 20.7 Å². The number of anilines is 2. The second kappa shape index (κ2) is 6.68. The summed E-state index contributed by atoms with van der Waals surface area (Å²) in [7, 11) is 0. The first-order chi connectivity index (χ1) is 11.0. The maximum absolute atomic E-state index is 12.2. The molecule has 0 aromatic heterocycles. The van der Waals surface area contributed by atoms with Gasteiger partial charge in [-0.15, -0.1) is 0 Å². The lowest BCUT2D eigenvalue weighted by Crippen LogP contribution is -2.44. The van der Waals surface area contributed by atoms with Crippen molar-refractivity contribution in [2.75, 3.05) is 43.0 Å². The van der Waals surface area contributed by atoms with Gasteiger partial charge in [0.2, 0.25) is 11.8 Å². The maximum Gasteiger partial charge on any atom is 0.238 e. The standard InChI is InChI=1S/C17H23N3O3/c1-12-10-19(7-8-23-12)11-17(22)18-15-3-4-16-14(9-15)5-6-20(16)13(2)21/h3-4,9,12H,5-8,10-11H2,1-2H3,(H,18,22). The lowest BCUT2D eigenvalue weighted by Gasteiger charge is -2.30. The van der Waals surface area contributed by atoms with Gasteiger partial charge < -0.3 is 15.0 Å². The van der Waals surface area contributed by atoms with Gasteiger partial charge in [-0.05, 0) is 37.1 Å². The summed E-state index contributed by atoms with van der Waals surface area (Å²) in [4.78, 5) is 27.6. The SMILES string of the molecule is CC(=O)N1CCc2cc(NC(=O)CN3CCOC(C)C3)ccc21. The third-order valence-corrected chi connectivity index (χ3v) is 4.33. The van der Waals surface area contributed by atoms with E-state index in [0.717, 1.165) is 36.4 Å². The summed E-state index contributed by atoms with van der Waals surface area (Å²) >= 11 is 0. The van der Waals surface area contributed by atoms with Crippen LogP contribution in [0.3, 0.4) is 0 Å². The van der Waals surface area contributed by atoms with Crippen molar-refractivity contribution in [3.63, 3.8) is 0 Å². The van der Waals surface area contributed by atoms with Gasteiger partial charge in [0.05, 0.1) is 19.3 Å². The number of hydrogen-bond donors (Lipinski definition) is 1. The molecule has 0 bridgehead atoms. The minimum Gasteiger partial charge on any atom is -0.376 e. The number of carbonyl (C=O) groups is 2. The Labute approximate surface area is 136 Å². The van der Waals surface area contributed by atoms with Crippen LogP contribution in [0.2, 0.25) is 0 Å². The molecular weight excluding hydrogens is 294 g/mol. The summed E-state index contributed by atoms with van der Waals surface area (Å²) in [5, 5.41) is 2.95. The number of nitrogens with one attached hydrogen (secondary N) is 1. The van der Waals surface area contributed by atoms with Crippen LogP contribution in [0.1, 0.15) is 19.4 Å². The first-order valence-corrected chi connectivity index (χ1v) is 8.08. The minimum atomic E-state index is -0.0135. The Morgan fingerprint density at radius 2 is 2.17 bits per heavy atom. The van der Waals surface area contributed by atoms with Crippen LogP contribution in [0.25, 0.3) is 0 Å². The molecule has 0 spiro atoms. The Bertz CT molecular complexity index is 617. The average Bonchev–Trinajstić information content (AvgIpc) is 2.90. The number of hydrogen-bond acceptors (Lipinski definition) is 4. The van der Waals surface area contributed by atoms with Gasteiger partial charge in [0, 0.05) is 37.9 Å². The van der Waals surface area contributed by atoms with Crippen LogP contribution in [0.4, 0.5) is 11.4 Å². The van der Waals surface area contributed by atoms with Crippen LogP contribution in [0.5, 0.6) is 0 Å². The summed E-state index contributed by atoms with van der Waals surface area (Å²) in [6, 6.07) is 5.74. The van der Waals surface area contributed by atoms with E-state index >= 15 is 0 Å². The highest BCUT2D eigenvalue weighted by Gasteiger charge is 2.23. The van der Waals surface area contributed by atoms with Gasteiger partial charge in [-0.2, -0.15) is 0 Å². The highest BCUT2D eigenvalue weighted by atomic mass is 16.5. The Hall–Kier alpha value is -1.92. The molecule has 124 valence electrons. The van der Waals surface area contributed by atoms with Crippen molar-refractivity contribution in [2.24, 2.45) is 0 Å². The molecule has 1 aromatic rings. The van der Waals surface area contributed by atoms with Crippen molar-refractivity contribution in [3.8, 4) is 0 Å². The van der Waals surface area contributed by atoms with E-state index < -0.39 is 0 Å². The van der Waals surface area contributed by atoms with Crippen molar-refractivity contribution in [1.82, 2.24) is 4.90 Å². The van der Waals surface area contributed by atoms with Crippen LogP contribution < -0.4 is 10.2 Å². The van der Waals surface area contributed by atoms with Crippen molar-refractivity contribution >= 4 is 23.2 Å². The Balaban J connectivity index is 1.60.